The van der Waals surface area contributed by atoms with E-state index in [2.05, 4.69) is 5.32 Å². The van der Waals surface area contributed by atoms with Crippen molar-refractivity contribution in [2.45, 2.75) is 19.0 Å². The van der Waals surface area contributed by atoms with Gasteiger partial charge in [0.05, 0.1) is 6.42 Å². The second kappa shape index (κ2) is 7.67. The minimum Gasteiger partial charge on any atom is -0.454 e. The molecule has 7 nitrogen and oxygen atoms in total. The lowest BCUT2D eigenvalue weighted by Gasteiger charge is -2.23. The van der Waals surface area contributed by atoms with Crippen LogP contribution in [-0.4, -0.2) is 46.6 Å². The van der Waals surface area contributed by atoms with E-state index in [1.54, 1.807) is 18.0 Å². The van der Waals surface area contributed by atoms with E-state index in [4.69, 9.17) is 21.7 Å². The molecule has 0 aliphatic carbocycles. The molecule has 0 unspecified atom stereocenters. The second-order valence-corrected chi connectivity index (χ2v) is 7.14. The molecule has 9 heteroatoms. The smallest absolute Gasteiger partial charge is 0.251 e. The Morgan fingerprint density at radius 1 is 1.21 bits per heavy atom. The van der Waals surface area contributed by atoms with Crippen molar-refractivity contribution in [1.82, 2.24) is 9.80 Å². The van der Waals surface area contributed by atoms with E-state index >= 15 is 0 Å². The SMILES string of the molecule is CN1C(=O)[C@H](CC(=O)Nc2ccc(F)cc2)N(Cc2ccc3c(c2)OCO3)C1=S. The number of nitrogens with one attached hydrogen (secondary N) is 1. The van der Waals surface area contributed by atoms with Gasteiger partial charge in [-0.25, -0.2) is 4.39 Å². The molecular formula is C20H18FN3O4S. The average Bonchev–Trinajstić information content (AvgIpc) is 3.24. The average molecular weight is 415 g/mol. The van der Waals surface area contributed by atoms with Crippen molar-refractivity contribution >= 4 is 34.8 Å². The number of carbonyl (C=O) groups is 2. The molecule has 1 atom stereocenters. The number of carbonyl (C=O) groups excluding carboxylic acids is 2. The minimum atomic E-state index is -0.724. The first-order valence-corrected chi connectivity index (χ1v) is 9.35. The summed E-state index contributed by atoms with van der Waals surface area (Å²) in [5, 5.41) is 3.04. The summed E-state index contributed by atoms with van der Waals surface area (Å²) < 4.78 is 23.7. The highest BCUT2D eigenvalue weighted by atomic mass is 32.1. The highest BCUT2D eigenvalue weighted by Gasteiger charge is 2.41. The zero-order chi connectivity index (χ0) is 20.5. The van der Waals surface area contributed by atoms with Crippen LogP contribution in [-0.2, 0) is 16.1 Å². The maximum Gasteiger partial charge on any atom is 0.251 e. The normalized spacial score (nSPS) is 17.8. The predicted molar refractivity (Wildman–Crippen MR) is 107 cm³/mol. The van der Waals surface area contributed by atoms with Crippen molar-refractivity contribution in [1.29, 1.82) is 0 Å². The van der Waals surface area contributed by atoms with Crippen molar-refractivity contribution in [3.8, 4) is 11.5 Å². The van der Waals surface area contributed by atoms with Gasteiger partial charge in [0.2, 0.25) is 12.7 Å². The number of fused-ring (bicyclic) bond motifs is 1. The first-order chi connectivity index (χ1) is 13.9. The van der Waals surface area contributed by atoms with Crippen molar-refractivity contribution in [3.05, 3.63) is 53.8 Å². The number of halogens is 1. The Balaban J connectivity index is 1.49. The molecule has 2 heterocycles. The summed E-state index contributed by atoms with van der Waals surface area (Å²) in [5.41, 5.74) is 1.34. The predicted octanol–water partition coefficient (Wildman–Crippen LogP) is 2.51. The maximum absolute atomic E-state index is 13.0. The number of hydrogen-bond donors (Lipinski definition) is 1. The van der Waals surface area contributed by atoms with E-state index in [1.807, 2.05) is 12.1 Å². The first-order valence-electron chi connectivity index (χ1n) is 8.94. The van der Waals surface area contributed by atoms with E-state index in [0.717, 1.165) is 5.56 Å². The molecule has 150 valence electrons. The topological polar surface area (TPSA) is 71.1 Å². The van der Waals surface area contributed by atoms with E-state index in [-0.39, 0.29) is 25.0 Å². The monoisotopic (exact) mass is 415 g/mol. The third-order valence-corrected chi connectivity index (χ3v) is 5.33. The number of benzene rings is 2. The van der Waals surface area contributed by atoms with E-state index < -0.39 is 11.9 Å². The number of likely N-dealkylation sites (N-methyl/N-ethyl adjacent to an activating group) is 1. The van der Waals surface area contributed by atoms with Crippen LogP contribution in [0.1, 0.15) is 12.0 Å². The molecule has 0 bridgehead atoms. The van der Waals surface area contributed by atoms with Crippen LogP contribution in [0.5, 0.6) is 11.5 Å². The van der Waals surface area contributed by atoms with Crippen LogP contribution in [0.25, 0.3) is 0 Å². The Morgan fingerprint density at radius 3 is 2.69 bits per heavy atom. The zero-order valence-electron chi connectivity index (χ0n) is 15.6. The molecule has 2 aromatic carbocycles. The molecule has 2 aliphatic heterocycles. The van der Waals surface area contributed by atoms with Gasteiger partial charge in [-0.2, -0.15) is 0 Å². The number of hydrogen-bond acceptors (Lipinski definition) is 5. The largest absolute Gasteiger partial charge is 0.454 e. The van der Waals surface area contributed by atoms with Crippen molar-refractivity contribution in [3.63, 3.8) is 0 Å². The Hall–Kier alpha value is -3.20. The molecule has 0 aromatic heterocycles. The lowest BCUT2D eigenvalue weighted by atomic mass is 10.1. The number of rotatable bonds is 5. The van der Waals surface area contributed by atoms with Crippen LogP contribution < -0.4 is 14.8 Å². The standard InChI is InChI=1S/C20H18FN3O4S/c1-23-19(26)15(9-18(25)22-14-5-3-13(21)4-6-14)24(20(23)29)10-12-2-7-16-17(8-12)28-11-27-16/h2-8,15H,9-11H2,1H3,(H,22,25)/t15-/m0/s1. The molecule has 0 saturated carbocycles. The number of amides is 2. The van der Waals surface area contributed by atoms with Crippen LogP contribution in [0.2, 0.25) is 0 Å². The third kappa shape index (κ3) is 3.86. The van der Waals surface area contributed by atoms with Crippen LogP contribution in [0.15, 0.2) is 42.5 Å². The van der Waals surface area contributed by atoms with Crippen molar-refractivity contribution < 1.29 is 23.5 Å². The molecule has 0 spiro atoms. The number of thiocarbonyl (C=S) groups is 1. The van der Waals surface area contributed by atoms with E-state index in [0.29, 0.717) is 28.8 Å². The third-order valence-electron chi connectivity index (χ3n) is 4.82. The van der Waals surface area contributed by atoms with Gasteiger partial charge >= 0.3 is 0 Å². The molecule has 4 rings (SSSR count). The molecule has 1 fully saturated rings. The van der Waals surface area contributed by atoms with Crippen LogP contribution >= 0.6 is 12.2 Å². The van der Waals surface area contributed by atoms with Gasteiger partial charge in [-0.3, -0.25) is 14.5 Å². The Labute approximate surface area is 172 Å². The molecule has 1 saturated heterocycles. The van der Waals surface area contributed by atoms with Crippen LogP contribution in [0.4, 0.5) is 10.1 Å². The molecule has 1 N–H and O–H groups in total. The summed E-state index contributed by atoms with van der Waals surface area (Å²) in [6.07, 6.45) is -0.0781. The van der Waals surface area contributed by atoms with E-state index in [9.17, 15) is 14.0 Å². The quantitative estimate of drug-likeness (QED) is 0.757. The summed E-state index contributed by atoms with van der Waals surface area (Å²) >= 11 is 5.41. The summed E-state index contributed by atoms with van der Waals surface area (Å²) in [7, 11) is 1.59. The zero-order valence-corrected chi connectivity index (χ0v) is 16.4. The van der Waals surface area contributed by atoms with Gasteiger partial charge in [-0.15, -0.1) is 0 Å². The summed E-state index contributed by atoms with van der Waals surface area (Å²) in [4.78, 5) is 28.2. The molecule has 0 radical (unpaired) electrons. The van der Waals surface area contributed by atoms with Gasteiger partial charge in [0.15, 0.2) is 16.6 Å². The van der Waals surface area contributed by atoms with Gasteiger partial charge in [0.25, 0.3) is 5.91 Å². The summed E-state index contributed by atoms with van der Waals surface area (Å²) in [6.45, 7) is 0.522. The Kier molecular flexibility index (Phi) is 5.06. The summed E-state index contributed by atoms with van der Waals surface area (Å²) in [6, 6.07) is 10.2. The Morgan fingerprint density at radius 2 is 1.93 bits per heavy atom. The summed E-state index contributed by atoms with van der Waals surface area (Å²) in [5.74, 6) is 0.309. The highest BCUT2D eigenvalue weighted by Crippen LogP contribution is 2.33. The molecule has 2 amide bonds. The maximum atomic E-state index is 13.0. The first kappa shape index (κ1) is 19.1. The lowest BCUT2D eigenvalue weighted by molar-refractivity contribution is -0.130. The highest BCUT2D eigenvalue weighted by molar-refractivity contribution is 7.80. The second-order valence-electron chi connectivity index (χ2n) is 6.77. The fourth-order valence-electron chi connectivity index (χ4n) is 3.31. The van der Waals surface area contributed by atoms with E-state index in [1.165, 1.54) is 29.2 Å². The van der Waals surface area contributed by atoms with Crippen LogP contribution in [0.3, 0.4) is 0 Å². The molecule has 2 aliphatic rings. The van der Waals surface area contributed by atoms with Crippen molar-refractivity contribution in [2.75, 3.05) is 19.2 Å². The number of ether oxygens (including phenoxy) is 2. The van der Waals surface area contributed by atoms with Crippen LogP contribution in [0, 0.1) is 5.82 Å². The van der Waals surface area contributed by atoms with Gasteiger partial charge < -0.3 is 19.7 Å². The lowest BCUT2D eigenvalue weighted by Crippen LogP contribution is -2.37. The number of nitrogens with zero attached hydrogens (tertiary/aromatic N) is 2. The fourth-order valence-corrected chi connectivity index (χ4v) is 3.59. The van der Waals surface area contributed by atoms with Gasteiger partial charge in [-0.05, 0) is 54.2 Å². The van der Waals surface area contributed by atoms with Gasteiger partial charge in [0, 0.05) is 19.3 Å². The number of anilines is 1. The molecular weight excluding hydrogens is 397 g/mol. The van der Waals surface area contributed by atoms with Gasteiger partial charge in [0.1, 0.15) is 11.9 Å². The van der Waals surface area contributed by atoms with Gasteiger partial charge in [-0.1, -0.05) is 6.07 Å². The Bertz CT molecular complexity index is 982. The molecule has 2 aromatic rings. The fraction of sp³-hybridized carbons (Fsp3) is 0.250. The molecule has 29 heavy (non-hydrogen) atoms. The van der Waals surface area contributed by atoms with Crippen molar-refractivity contribution in [2.24, 2.45) is 0 Å². The minimum absolute atomic E-state index is 0.0781.